The molecule has 0 atom stereocenters. The molecule has 0 aromatic heterocycles. The van der Waals surface area contributed by atoms with Crippen molar-refractivity contribution in [2.75, 3.05) is 7.11 Å². The molecule has 0 N–H and O–H groups in total. The summed E-state index contributed by atoms with van der Waals surface area (Å²) in [6.07, 6.45) is 2.77. The van der Waals surface area contributed by atoms with Crippen molar-refractivity contribution in [3.63, 3.8) is 0 Å². The van der Waals surface area contributed by atoms with Crippen molar-refractivity contribution >= 4 is 29.8 Å². The fourth-order valence-electron chi connectivity index (χ4n) is 3.04. The van der Waals surface area contributed by atoms with Crippen LogP contribution in [0.2, 0.25) is 0 Å². The number of carbonyl (C=O) groups is 5. The number of carbonyl (C=O) groups excluding carboxylic acids is 5. The molecule has 0 aliphatic heterocycles. The van der Waals surface area contributed by atoms with Crippen molar-refractivity contribution in [3.05, 3.63) is 110 Å². The van der Waals surface area contributed by atoms with Crippen LogP contribution in [-0.4, -0.2) is 37.0 Å². The third kappa shape index (κ3) is 8.01. The molecule has 3 rings (SSSR count). The lowest BCUT2D eigenvalue weighted by Gasteiger charge is -2.11. The quantitative estimate of drug-likeness (QED) is 0.188. The SMILES string of the molecule is C=CC(=O)Oc1cc(C(=O)Oc2ccc(OC(=O)c3ccc(OC(=O)C=C)c(OC(=O)C=C)c3)cc2)ccc1OC. The minimum Gasteiger partial charge on any atom is -0.493 e. The molecule has 0 radical (unpaired) electrons. The zero-order valence-corrected chi connectivity index (χ0v) is 21.6. The number of rotatable bonds is 11. The predicted molar refractivity (Wildman–Crippen MR) is 143 cm³/mol. The van der Waals surface area contributed by atoms with Crippen molar-refractivity contribution in [1.82, 2.24) is 0 Å². The molecule has 0 bridgehead atoms. The van der Waals surface area contributed by atoms with Crippen LogP contribution in [-0.2, 0) is 14.4 Å². The Bertz CT molecular complexity index is 1530. The van der Waals surface area contributed by atoms with Gasteiger partial charge in [-0.25, -0.2) is 24.0 Å². The van der Waals surface area contributed by atoms with Gasteiger partial charge in [0.2, 0.25) is 0 Å². The second-order valence-electron chi connectivity index (χ2n) is 7.65. The van der Waals surface area contributed by atoms with Gasteiger partial charge >= 0.3 is 29.8 Å². The Hall–Kier alpha value is -5.97. The van der Waals surface area contributed by atoms with E-state index < -0.39 is 29.8 Å². The van der Waals surface area contributed by atoms with Gasteiger partial charge in [0.05, 0.1) is 18.2 Å². The van der Waals surface area contributed by atoms with E-state index in [0.29, 0.717) is 0 Å². The zero-order chi connectivity index (χ0) is 29.9. The Balaban J connectivity index is 1.71. The maximum Gasteiger partial charge on any atom is 0.343 e. The standard InChI is InChI=1S/C30H22O11/c1-5-26(31)39-23-15-9-19(17-25(23)41-28(33)7-3)30(35)38-21-12-10-20(11-13-21)37-29(34)18-8-14-22(36-4)24(16-18)40-27(32)6-2/h5-17H,1-3H2,4H3. The summed E-state index contributed by atoms with van der Waals surface area (Å²) in [5.41, 5.74) is 0.0431. The van der Waals surface area contributed by atoms with Gasteiger partial charge in [-0.3, -0.25) is 0 Å². The van der Waals surface area contributed by atoms with E-state index >= 15 is 0 Å². The highest BCUT2D eigenvalue weighted by molar-refractivity contribution is 5.94. The van der Waals surface area contributed by atoms with Crippen LogP contribution in [0.4, 0.5) is 0 Å². The predicted octanol–water partition coefficient (Wildman–Crippen LogP) is 4.41. The summed E-state index contributed by atoms with van der Waals surface area (Å²) in [4.78, 5) is 60.1. The molecule has 0 saturated carbocycles. The first kappa shape index (κ1) is 29.6. The molecule has 0 spiro atoms. The average Bonchev–Trinajstić information content (AvgIpc) is 2.98. The van der Waals surface area contributed by atoms with E-state index in [-0.39, 0.29) is 45.6 Å². The largest absolute Gasteiger partial charge is 0.493 e. The summed E-state index contributed by atoms with van der Waals surface area (Å²) in [7, 11) is 1.37. The molecule has 3 aromatic carbocycles. The highest BCUT2D eigenvalue weighted by atomic mass is 16.6. The lowest BCUT2D eigenvalue weighted by atomic mass is 10.2. The van der Waals surface area contributed by atoms with Crippen molar-refractivity contribution in [2.45, 2.75) is 0 Å². The van der Waals surface area contributed by atoms with E-state index in [0.717, 1.165) is 24.3 Å². The first-order valence-electron chi connectivity index (χ1n) is 11.6. The number of methoxy groups -OCH3 is 1. The Morgan fingerprint density at radius 1 is 0.512 bits per heavy atom. The van der Waals surface area contributed by atoms with E-state index in [2.05, 4.69) is 19.7 Å². The van der Waals surface area contributed by atoms with Gasteiger partial charge in [-0.05, 0) is 60.7 Å². The molecule has 208 valence electrons. The Morgan fingerprint density at radius 3 is 1.27 bits per heavy atom. The fraction of sp³-hybridized carbons (Fsp3) is 0.0333. The van der Waals surface area contributed by atoms with Gasteiger partial charge in [0, 0.05) is 18.2 Å². The lowest BCUT2D eigenvalue weighted by Crippen LogP contribution is -2.12. The van der Waals surface area contributed by atoms with Gasteiger partial charge < -0.3 is 28.4 Å². The number of ether oxygens (including phenoxy) is 6. The molecule has 11 nitrogen and oxygen atoms in total. The second kappa shape index (κ2) is 13.7. The molecule has 0 unspecified atom stereocenters. The van der Waals surface area contributed by atoms with Gasteiger partial charge in [-0.15, -0.1) is 0 Å². The summed E-state index contributed by atoms with van der Waals surface area (Å²) in [5.74, 6) is -3.87. The number of esters is 5. The third-order valence-corrected chi connectivity index (χ3v) is 4.96. The van der Waals surface area contributed by atoms with Gasteiger partial charge in [0.15, 0.2) is 23.0 Å². The number of hydrogen-bond donors (Lipinski definition) is 0. The summed E-state index contributed by atoms with van der Waals surface area (Å²) in [6, 6.07) is 13.4. The van der Waals surface area contributed by atoms with Gasteiger partial charge in [-0.1, -0.05) is 19.7 Å². The third-order valence-electron chi connectivity index (χ3n) is 4.96. The Kier molecular flexibility index (Phi) is 9.90. The molecular formula is C30H22O11. The second-order valence-corrected chi connectivity index (χ2v) is 7.65. The van der Waals surface area contributed by atoms with Crippen molar-refractivity contribution in [1.29, 1.82) is 0 Å². The topological polar surface area (TPSA) is 141 Å². The summed E-state index contributed by atoms with van der Waals surface area (Å²) in [5, 5.41) is 0. The molecule has 0 amide bonds. The summed E-state index contributed by atoms with van der Waals surface area (Å²) >= 11 is 0. The van der Waals surface area contributed by atoms with E-state index in [9.17, 15) is 24.0 Å². The van der Waals surface area contributed by atoms with Gasteiger partial charge in [0.25, 0.3) is 0 Å². The minimum absolute atomic E-state index is 0.00317. The van der Waals surface area contributed by atoms with E-state index in [1.165, 1.54) is 61.7 Å². The van der Waals surface area contributed by atoms with E-state index in [4.69, 9.17) is 28.4 Å². The first-order valence-corrected chi connectivity index (χ1v) is 11.6. The smallest absolute Gasteiger partial charge is 0.343 e. The summed E-state index contributed by atoms with van der Waals surface area (Å²) < 4.78 is 30.9. The Morgan fingerprint density at radius 2 is 0.878 bits per heavy atom. The minimum atomic E-state index is -0.847. The normalized spacial score (nSPS) is 9.88. The van der Waals surface area contributed by atoms with Crippen molar-refractivity contribution in [2.24, 2.45) is 0 Å². The van der Waals surface area contributed by atoms with Crippen LogP contribution in [0.1, 0.15) is 20.7 Å². The van der Waals surface area contributed by atoms with Crippen LogP contribution in [0.15, 0.2) is 98.6 Å². The molecule has 11 heteroatoms. The lowest BCUT2D eigenvalue weighted by molar-refractivity contribution is -0.131. The van der Waals surface area contributed by atoms with Crippen LogP contribution < -0.4 is 28.4 Å². The van der Waals surface area contributed by atoms with E-state index in [1.807, 2.05) is 0 Å². The van der Waals surface area contributed by atoms with Crippen LogP contribution in [0.3, 0.4) is 0 Å². The molecule has 0 aliphatic rings. The first-order chi connectivity index (χ1) is 19.7. The molecule has 0 aliphatic carbocycles. The molecule has 0 saturated heterocycles. The molecule has 0 heterocycles. The number of hydrogen-bond acceptors (Lipinski definition) is 11. The number of benzene rings is 3. The van der Waals surface area contributed by atoms with Crippen LogP contribution in [0, 0.1) is 0 Å². The molecule has 41 heavy (non-hydrogen) atoms. The van der Waals surface area contributed by atoms with Gasteiger partial charge in [0.1, 0.15) is 11.5 Å². The molecule has 0 fully saturated rings. The van der Waals surface area contributed by atoms with E-state index in [1.54, 1.807) is 0 Å². The highest BCUT2D eigenvalue weighted by Crippen LogP contribution is 2.31. The Labute approximate surface area is 233 Å². The maximum atomic E-state index is 12.7. The highest BCUT2D eigenvalue weighted by Gasteiger charge is 2.18. The van der Waals surface area contributed by atoms with Gasteiger partial charge in [-0.2, -0.15) is 0 Å². The monoisotopic (exact) mass is 558 g/mol. The average molecular weight is 558 g/mol. The molecule has 3 aromatic rings. The zero-order valence-electron chi connectivity index (χ0n) is 21.6. The van der Waals surface area contributed by atoms with Crippen LogP contribution in [0.5, 0.6) is 34.5 Å². The van der Waals surface area contributed by atoms with Crippen molar-refractivity contribution in [3.8, 4) is 34.5 Å². The summed E-state index contributed by atoms with van der Waals surface area (Å²) in [6.45, 7) is 9.91. The van der Waals surface area contributed by atoms with Crippen LogP contribution in [0.25, 0.3) is 0 Å². The maximum absolute atomic E-state index is 12.7. The molecular weight excluding hydrogens is 536 g/mol. The fourth-order valence-corrected chi connectivity index (χ4v) is 3.04. The van der Waals surface area contributed by atoms with Crippen molar-refractivity contribution < 1.29 is 52.4 Å². The van der Waals surface area contributed by atoms with Crippen LogP contribution >= 0.6 is 0 Å².